The Morgan fingerprint density at radius 2 is 1.90 bits per heavy atom. The Morgan fingerprint density at radius 3 is 2.54 bits per heavy atom. The molecule has 12 heteroatoms. The number of Topliss-reactive ketones (excluding diaryl/α,β-unsaturated/α-hetero) is 2. The summed E-state index contributed by atoms with van der Waals surface area (Å²) < 4.78 is 5.26. The van der Waals surface area contributed by atoms with E-state index in [1.165, 1.54) is 6.07 Å². The van der Waals surface area contributed by atoms with E-state index < -0.39 is 64.2 Å². The number of phenols is 1. The normalized spacial score (nSPS) is 26.4. The highest BCUT2D eigenvalue weighted by Crippen LogP contribution is 2.52. The van der Waals surface area contributed by atoms with Crippen LogP contribution in [0.4, 0.5) is 4.79 Å². The molecule has 12 nitrogen and oxygen atoms in total. The van der Waals surface area contributed by atoms with Crippen molar-refractivity contribution in [2.75, 3.05) is 26.3 Å². The van der Waals surface area contributed by atoms with Crippen molar-refractivity contribution in [2.24, 2.45) is 17.6 Å². The number of aliphatic hydroxyl groups excluding tert-OH is 2. The van der Waals surface area contributed by atoms with Crippen molar-refractivity contribution in [1.29, 1.82) is 0 Å². The summed E-state index contributed by atoms with van der Waals surface area (Å²) >= 11 is 0. The molecule has 0 radical (unpaired) electrons. The molecule has 1 saturated carbocycles. The molecular weight excluding hydrogens is 510 g/mol. The Labute approximate surface area is 222 Å². The lowest BCUT2D eigenvalue weighted by Gasteiger charge is -2.46. The van der Waals surface area contributed by atoms with Gasteiger partial charge in [-0.25, -0.2) is 4.79 Å². The van der Waals surface area contributed by atoms with Gasteiger partial charge in [0, 0.05) is 37.5 Å². The van der Waals surface area contributed by atoms with Crippen LogP contribution in [0.2, 0.25) is 0 Å². The maximum atomic E-state index is 13.6. The minimum Gasteiger partial charge on any atom is -0.508 e. The molecule has 1 aliphatic heterocycles. The molecular formula is C27H27N3O9. The van der Waals surface area contributed by atoms with Gasteiger partial charge in [-0.15, -0.1) is 6.42 Å². The first-order valence-electron chi connectivity index (χ1n) is 12.4. The van der Waals surface area contributed by atoms with E-state index in [0.717, 1.165) is 0 Å². The monoisotopic (exact) mass is 537 g/mol. The van der Waals surface area contributed by atoms with Gasteiger partial charge >= 0.3 is 6.03 Å². The SMILES string of the molecule is C#Cc1cc(CNC(=O)N2CCOCC2)c2c(c1O)C(O)=C1C(=O)C3(O)C(O)=C(C(N)=O)C(=O)CC3CC1C2. The number of primary amides is 1. The van der Waals surface area contributed by atoms with E-state index in [0.29, 0.717) is 37.4 Å². The predicted octanol–water partition coefficient (Wildman–Crippen LogP) is -0.0530. The van der Waals surface area contributed by atoms with E-state index >= 15 is 0 Å². The first-order valence-corrected chi connectivity index (χ1v) is 12.4. The number of hydrogen-bond donors (Lipinski definition) is 6. The molecule has 1 aromatic carbocycles. The van der Waals surface area contributed by atoms with E-state index in [4.69, 9.17) is 16.9 Å². The number of aliphatic hydroxyl groups is 3. The van der Waals surface area contributed by atoms with E-state index in [2.05, 4.69) is 11.2 Å². The molecule has 3 atom stereocenters. The third-order valence-electron chi connectivity index (χ3n) is 8.04. The van der Waals surface area contributed by atoms with Gasteiger partial charge < -0.3 is 41.1 Å². The number of amides is 3. The van der Waals surface area contributed by atoms with Crippen LogP contribution in [-0.2, 0) is 32.1 Å². The zero-order chi connectivity index (χ0) is 28.2. The highest BCUT2D eigenvalue weighted by atomic mass is 16.5. The van der Waals surface area contributed by atoms with Crippen LogP contribution >= 0.6 is 0 Å². The molecule has 3 amide bonds. The van der Waals surface area contributed by atoms with Crippen LogP contribution in [0.5, 0.6) is 5.75 Å². The number of terminal acetylenes is 1. The summed E-state index contributed by atoms with van der Waals surface area (Å²) in [5.41, 5.74) is 2.29. The highest BCUT2D eigenvalue weighted by molar-refractivity contribution is 6.22. The quantitative estimate of drug-likeness (QED) is 0.226. The molecule has 0 bridgehead atoms. The Bertz CT molecular complexity index is 1430. The average molecular weight is 538 g/mol. The van der Waals surface area contributed by atoms with Gasteiger partial charge in [0.25, 0.3) is 5.91 Å². The van der Waals surface area contributed by atoms with Crippen LogP contribution in [0.1, 0.15) is 35.1 Å². The van der Waals surface area contributed by atoms with Crippen molar-refractivity contribution in [1.82, 2.24) is 10.2 Å². The molecule has 7 N–H and O–H groups in total. The highest BCUT2D eigenvalue weighted by Gasteiger charge is 2.60. The minimum atomic E-state index is -2.65. The number of morpholine rings is 1. The van der Waals surface area contributed by atoms with Crippen LogP contribution in [-0.4, -0.2) is 80.7 Å². The van der Waals surface area contributed by atoms with E-state index in [9.17, 15) is 39.6 Å². The van der Waals surface area contributed by atoms with Crippen molar-refractivity contribution in [3.63, 3.8) is 0 Å². The topological polar surface area (TPSA) is 200 Å². The molecule has 3 aliphatic carbocycles. The van der Waals surface area contributed by atoms with Gasteiger partial charge in [0.05, 0.1) is 24.3 Å². The fourth-order valence-corrected chi connectivity index (χ4v) is 6.08. The molecule has 1 saturated heterocycles. The molecule has 3 unspecified atom stereocenters. The third kappa shape index (κ3) is 3.93. The van der Waals surface area contributed by atoms with Gasteiger partial charge in [-0.2, -0.15) is 0 Å². The summed E-state index contributed by atoms with van der Waals surface area (Å²) in [4.78, 5) is 52.2. The summed E-state index contributed by atoms with van der Waals surface area (Å²) in [5, 5.41) is 47.0. The number of carbonyl (C=O) groups is 4. The largest absolute Gasteiger partial charge is 0.508 e. The number of carbonyl (C=O) groups excluding carboxylic acids is 4. The molecule has 39 heavy (non-hydrogen) atoms. The number of nitrogens with one attached hydrogen (secondary N) is 1. The van der Waals surface area contributed by atoms with Crippen LogP contribution in [0.3, 0.4) is 0 Å². The number of aromatic hydroxyl groups is 1. The number of hydrogen-bond acceptors (Lipinski definition) is 9. The maximum Gasteiger partial charge on any atom is 0.317 e. The predicted molar refractivity (Wildman–Crippen MR) is 134 cm³/mol. The first kappa shape index (κ1) is 26.3. The summed E-state index contributed by atoms with van der Waals surface area (Å²) in [6, 6.07) is 1.19. The number of urea groups is 1. The molecule has 0 spiro atoms. The van der Waals surface area contributed by atoms with E-state index in [-0.39, 0.29) is 42.1 Å². The molecule has 1 heterocycles. The van der Waals surface area contributed by atoms with E-state index in [1.807, 2.05) is 0 Å². The second-order valence-corrected chi connectivity index (χ2v) is 10.1. The van der Waals surface area contributed by atoms with Crippen molar-refractivity contribution in [3.05, 3.63) is 45.2 Å². The standard InChI is InChI=1S/C27H27N3O9/c1-2-12-7-14(11-29-26(37)30-3-5-39-6-4-30)16-9-13-8-15-10-17(31)20(25(28)36)24(35)27(15,38)23(34)18(13)22(33)19(16)21(12)32/h1,7,13,15,32-33,35,38H,3-6,8-11H2,(H2,28,36)(H,29,37). The van der Waals surface area contributed by atoms with Gasteiger partial charge in [0.15, 0.2) is 11.4 Å². The molecule has 204 valence electrons. The average Bonchev–Trinajstić information content (AvgIpc) is 2.90. The van der Waals surface area contributed by atoms with Crippen molar-refractivity contribution < 1.29 is 44.3 Å². The minimum absolute atomic E-state index is 0.000143. The molecule has 2 fully saturated rings. The lowest BCUT2D eigenvalue weighted by atomic mass is 9.59. The van der Waals surface area contributed by atoms with Crippen LogP contribution in [0.25, 0.3) is 5.76 Å². The van der Waals surface area contributed by atoms with Crippen LogP contribution < -0.4 is 11.1 Å². The van der Waals surface area contributed by atoms with Crippen molar-refractivity contribution in [2.45, 2.75) is 31.4 Å². The van der Waals surface area contributed by atoms with Gasteiger partial charge in [-0.3, -0.25) is 14.4 Å². The van der Waals surface area contributed by atoms with E-state index in [1.54, 1.807) is 4.90 Å². The molecule has 5 rings (SSSR count). The number of ketones is 2. The molecule has 0 aromatic heterocycles. The number of benzene rings is 1. The number of phenolic OH excluding ortho intramolecular Hbond substituents is 1. The van der Waals surface area contributed by atoms with Crippen molar-refractivity contribution >= 4 is 29.3 Å². The Hall–Kier alpha value is -4.34. The third-order valence-corrected chi connectivity index (χ3v) is 8.04. The van der Waals surface area contributed by atoms with Gasteiger partial charge in [-0.1, -0.05) is 5.92 Å². The lowest BCUT2D eigenvalue weighted by molar-refractivity contribution is -0.147. The van der Waals surface area contributed by atoms with Crippen molar-refractivity contribution in [3.8, 4) is 18.1 Å². The zero-order valence-electron chi connectivity index (χ0n) is 20.8. The summed E-state index contributed by atoms with van der Waals surface area (Å²) in [5.74, 6) is -4.86. The number of nitrogens with zero attached hydrogens (tertiary/aromatic N) is 1. The summed E-state index contributed by atoms with van der Waals surface area (Å²) in [6.45, 7) is 1.69. The van der Waals surface area contributed by atoms with Gasteiger partial charge in [0.2, 0.25) is 5.78 Å². The van der Waals surface area contributed by atoms with Crippen LogP contribution in [0, 0.1) is 24.2 Å². The smallest absolute Gasteiger partial charge is 0.317 e. The fraction of sp³-hybridized carbons (Fsp3) is 0.407. The number of ether oxygens (including phenoxy) is 1. The Balaban J connectivity index is 1.57. The number of fused-ring (bicyclic) bond motifs is 3. The second kappa shape index (κ2) is 9.44. The number of rotatable bonds is 3. The molecule has 4 aliphatic rings. The van der Waals surface area contributed by atoms with Gasteiger partial charge in [0.1, 0.15) is 22.8 Å². The Morgan fingerprint density at radius 1 is 1.21 bits per heavy atom. The van der Waals surface area contributed by atoms with Crippen LogP contribution in [0.15, 0.2) is 23.0 Å². The van der Waals surface area contributed by atoms with Gasteiger partial charge in [-0.05, 0) is 36.0 Å². The first-order chi connectivity index (χ1) is 18.5. The molecule has 1 aromatic rings. The maximum absolute atomic E-state index is 13.6. The Kier molecular flexibility index (Phi) is 6.36. The lowest BCUT2D eigenvalue weighted by Crippen LogP contribution is -2.58. The zero-order valence-corrected chi connectivity index (χ0v) is 20.8. The summed E-state index contributed by atoms with van der Waals surface area (Å²) in [6.07, 6.45) is 5.27. The number of nitrogens with two attached hydrogens (primary N) is 1. The second-order valence-electron chi connectivity index (χ2n) is 10.1. The summed E-state index contributed by atoms with van der Waals surface area (Å²) in [7, 11) is 0. The fourth-order valence-electron chi connectivity index (χ4n) is 6.08.